The highest BCUT2D eigenvalue weighted by atomic mass is 16.5. The number of aliphatic hydroxyl groups excluding tert-OH is 4. The standard InChI is InChI=1S/C25H32O5/c1-5-16-6-8-17(9-7-16)11-18-12-20(15(4)10-19(18)14(2)3)25-24(29)23(28)22(27)21(13-26)30-25/h5-10,12,14,21-29H,1,11,13H2,2-4H3/t21-,22-,23+,24-,25+/m1/s1. The van der Waals surface area contributed by atoms with Gasteiger partial charge in [-0.15, -0.1) is 0 Å². The minimum atomic E-state index is -1.39. The van der Waals surface area contributed by atoms with Gasteiger partial charge in [-0.2, -0.15) is 0 Å². The molecular weight excluding hydrogens is 380 g/mol. The monoisotopic (exact) mass is 412 g/mol. The topological polar surface area (TPSA) is 90.2 Å². The summed E-state index contributed by atoms with van der Waals surface area (Å²) in [4.78, 5) is 0. The molecule has 0 bridgehead atoms. The zero-order chi connectivity index (χ0) is 22.0. The second-order valence-corrected chi connectivity index (χ2v) is 8.43. The lowest BCUT2D eigenvalue weighted by Crippen LogP contribution is -2.55. The van der Waals surface area contributed by atoms with E-state index in [4.69, 9.17) is 4.74 Å². The molecule has 1 aliphatic heterocycles. The van der Waals surface area contributed by atoms with E-state index in [0.717, 1.165) is 34.2 Å². The molecule has 5 nitrogen and oxygen atoms in total. The number of ether oxygens (including phenoxy) is 1. The maximum atomic E-state index is 10.6. The van der Waals surface area contributed by atoms with Crippen molar-refractivity contribution in [2.45, 2.75) is 63.6 Å². The first kappa shape index (κ1) is 22.7. The average Bonchev–Trinajstić information content (AvgIpc) is 2.74. The number of hydrogen-bond acceptors (Lipinski definition) is 5. The smallest absolute Gasteiger partial charge is 0.113 e. The molecule has 1 fully saturated rings. The summed E-state index contributed by atoms with van der Waals surface area (Å²) in [5, 5.41) is 40.4. The Morgan fingerprint density at radius 1 is 1.03 bits per heavy atom. The van der Waals surface area contributed by atoms with Crippen LogP contribution in [0.25, 0.3) is 6.08 Å². The van der Waals surface area contributed by atoms with Crippen LogP contribution in [-0.2, 0) is 11.2 Å². The Morgan fingerprint density at radius 3 is 2.27 bits per heavy atom. The van der Waals surface area contributed by atoms with Crippen LogP contribution in [0.4, 0.5) is 0 Å². The minimum absolute atomic E-state index is 0.315. The fraction of sp³-hybridized carbons (Fsp3) is 0.440. The Hall–Kier alpha value is -2.02. The van der Waals surface area contributed by atoms with Crippen LogP contribution in [0.2, 0.25) is 0 Å². The van der Waals surface area contributed by atoms with Crippen LogP contribution < -0.4 is 0 Å². The van der Waals surface area contributed by atoms with Gasteiger partial charge in [0, 0.05) is 0 Å². The highest BCUT2D eigenvalue weighted by Gasteiger charge is 2.44. The van der Waals surface area contributed by atoms with Crippen LogP contribution in [0.5, 0.6) is 0 Å². The van der Waals surface area contributed by atoms with Crippen LogP contribution in [0.1, 0.15) is 59.3 Å². The van der Waals surface area contributed by atoms with Crippen molar-refractivity contribution in [1.82, 2.24) is 0 Å². The number of rotatable bonds is 6. The lowest BCUT2D eigenvalue weighted by molar-refractivity contribution is -0.231. The molecule has 1 aliphatic rings. The quantitative estimate of drug-likeness (QED) is 0.586. The highest BCUT2D eigenvalue weighted by Crippen LogP contribution is 2.36. The molecule has 0 saturated carbocycles. The van der Waals surface area contributed by atoms with E-state index in [1.807, 2.05) is 31.2 Å². The maximum absolute atomic E-state index is 10.6. The van der Waals surface area contributed by atoms with Crippen molar-refractivity contribution in [3.8, 4) is 0 Å². The lowest BCUT2D eigenvalue weighted by Gasteiger charge is -2.41. The number of benzene rings is 2. The summed E-state index contributed by atoms with van der Waals surface area (Å²) >= 11 is 0. The Kier molecular flexibility index (Phi) is 7.11. The number of aryl methyl sites for hydroxylation is 1. The van der Waals surface area contributed by atoms with E-state index in [9.17, 15) is 20.4 Å². The molecule has 0 unspecified atom stereocenters. The van der Waals surface area contributed by atoms with Crippen molar-refractivity contribution in [3.63, 3.8) is 0 Å². The molecule has 4 N–H and O–H groups in total. The molecule has 2 aromatic carbocycles. The molecule has 0 aliphatic carbocycles. The summed E-state index contributed by atoms with van der Waals surface area (Å²) in [5.74, 6) is 0.315. The van der Waals surface area contributed by atoms with Crippen molar-refractivity contribution in [1.29, 1.82) is 0 Å². The van der Waals surface area contributed by atoms with E-state index in [1.165, 1.54) is 5.56 Å². The van der Waals surface area contributed by atoms with Crippen molar-refractivity contribution >= 4 is 6.08 Å². The van der Waals surface area contributed by atoms with Crippen LogP contribution in [-0.4, -0.2) is 51.4 Å². The molecule has 1 heterocycles. The largest absolute Gasteiger partial charge is 0.394 e. The lowest BCUT2D eigenvalue weighted by atomic mass is 9.84. The predicted molar refractivity (Wildman–Crippen MR) is 117 cm³/mol. The van der Waals surface area contributed by atoms with Crippen LogP contribution in [0.15, 0.2) is 43.0 Å². The average molecular weight is 413 g/mol. The third-order valence-electron chi connectivity index (χ3n) is 5.96. The molecule has 5 heteroatoms. The van der Waals surface area contributed by atoms with Gasteiger partial charge in [0.05, 0.1) is 6.61 Å². The van der Waals surface area contributed by atoms with Gasteiger partial charge in [-0.3, -0.25) is 0 Å². The van der Waals surface area contributed by atoms with Gasteiger partial charge in [0.15, 0.2) is 0 Å². The van der Waals surface area contributed by atoms with Gasteiger partial charge in [0.2, 0.25) is 0 Å². The molecular formula is C25H32O5. The third-order valence-corrected chi connectivity index (χ3v) is 5.96. The van der Waals surface area contributed by atoms with Crippen LogP contribution >= 0.6 is 0 Å². The molecule has 0 spiro atoms. The van der Waals surface area contributed by atoms with E-state index >= 15 is 0 Å². The second-order valence-electron chi connectivity index (χ2n) is 8.43. The van der Waals surface area contributed by atoms with Crippen molar-refractivity contribution < 1.29 is 25.2 Å². The number of hydrogen-bond donors (Lipinski definition) is 4. The first-order valence-corrected chi connectivity index (χ1v) is 10.4. The summed E-state index contributed by atoms with van der Waals surface area (Å²) in [6.45, 7) is 9.60. The van der Waals surface area contributed by atoms with E-state index in [0.29, 0.717) is 5.92 Å². The van der Waals surface area contributed by atoms with Gasteiger partial charge in [0.1, 0.15) is 30.5 Å². The number of aliphatic hydroxyl groups is 4. The highest BCUT2D eigenvalue weighted by molar-refractivity contribution is 5.48. The Bertz CT molecular complexity index is 872. The second kappa shape index (κ2) is 9.41. The third kappa shape index (κ3) is 4.51. The van der Waals surface area contributed by atoms with Crippen LogP contribution in [0.3, 0.4) is 0 Å². The predicted octanol–water partition coefficient (Wildman–Crippen LogP) is 2.87. The summed E-state index contributed by atoms with van der Waals surface area (Å²) in [5.41, 5.74) is 6.25. The van der Waals surface area contributed by atoms with E-state index in [2.05, 4.69) is 38.6 Å². The summed E-state index contributed by atoms with van der Waals surface area (Å²) in [6, 6.07) is 12.4. The summed E-state index contributed by atoms with van der Waals surface area (Å²) in [7, 11) is 0. The van der Waals surface area contributed by atoms with Crippen LogP contribution in [0, 0.1) is 6.92 Å². The SMILES string of the molecule is C=Cc1ccc(Cc2cc([C@@H]3O[C@H](CO)[C@@H](O)[C@H](O)[C@H]3O)c(C)cc2C(C)C)cc1. The molecule has 0 radical (unpaired) electrons. The van der Waals surface area contributed by atoms with Gasteiger partial charge >= 0.3 is 0 Å². The van der Waals surface area contributed by atoms with Gasteiger partial charge in [-0.1, -0.05) is 62.9 Å². The molecule has 1 saturated heterocycles. The van der Waals surface area contributed by atoms with Crippen molar-refractivity contribution in [3.05, 3.63) is 76.4 Å². The molecule has 3 rings (SSSR count). The zero-order valence-corrected chi connectivity index (χ0v) is 17.8. The maximum Gasteiger partial charge on any atom is 0.113 e. The normalized spacial score (nSPS) is 26.7. The first-order valence-electron chi connectivity index (χ1n) is 10.4. The Morgan fingerprint density at radius 2 is 1.70 bits per heavy atom. The molecule has 0 aromatic heterocycles. The van der Waals surface area contributed by atoms with E-state index in [1.54, 1.807) is 0 Å². The molecule has 5 atom stereocenters. The van der Waals surface area contributed by atoms with Crippen molar-refractivity contribution in [2.75, 3.05) is 6.61 Å². The Labute approximate surface area is 178 Å². The van der Waals surface area contributed by atoms with Gasteiger partial charge < -0.3 is 25.2 Å². The fourth-order valence-electron chi connectivity index (χ4n) is 4.14. The van der Waals surface area contributed by atoms with Gasteiger partial charge in [-0.25, -0.2) is 0 Å². The Balaban J connectivity index is 2.01. The minimum Gasteiger partial charge on any atom is -0.394 e. The fourth-order valence-corrected chi connectivity index (χ4v) is 4.14. The first-order chi connectivity index (χ1) is 14.3. The molecule has 2 aromatic rings. The van der Waals surface area contributed by atoms with E-state index < -0.39 is 37.1 Å². The van der Waals surface area contributed by atoms with E-state index in [-0.39, 0.29) is 0 Å². The molecule has 30 heavy (non-hydrogen) atoms. The van der Waals surface area contributed by atoms with Crippen molar-refractivity contribution in [2.24, 2.45) is 0 Å². The summed E-state index contributed by atoms with van der Waals surface area (Å²) in [6.07, 6.45) is -3.26. The van der Waals surface area contributed by atoms with Gasteiger partial charge in [0.25, 0.3) is 0 Å². The zero-order valence-electron chi connectivity index (χ0n) is 17.8. The summed E-state index contributed by atoms with van der Waals surface area (Å²) < 4.78 is 5.81. The van der Waals surface area contributed by atoms with Gasteiger partial charge in [-0.05, 0) is 52.6 Å². The molecule has 162 valence electrons. The molecule has 0 amide bonds.